The molecule has 0 spiro atoms. The standard InChI is InChI=1S/C27H25Cl2N3O3S.C23H22F3N3O2S.C21H23N3O3S.C21H23N3O2S2.CH4/c28-18-4-6-21(22(29)14-18)24-7-5-20(35-24)3-1-2-17-9-12-32(13-10-17)27-30-11-8-19(31-27)15-25-23(33)16-26(34)36-25;24-17-5-4-15(21(25)22(17)26)3-1-2-14-7-10-29(11-8-14)23-27-9-6-16(28-23)12-19-18(30)13-20(31)32-19;2*25-18-14-20(26)28-19(18)13-16-6-9-22-21(23-16)24-10-7-15(8-11-24)3-1-4-17-5-2-12-27-17;/h4-8,11,14-15,17H,1-3,9-10,12-13,16H2;4-6,9,12,14H,1-3,7-8,10-11,13H2;2*2,5-6,9,12-13,15H,1,3-4,7-8,10-11,14H2;1H4/b25-15-;19-12-;2*19-13-;. The summed E-state index contributed by atoms with van der Waals surface area (Å²) < 4.78 is 51.6. The van der Waals surface area contributed by atoms with Crippen LogP contribution in [0.5, 0.6) is 0 Å². The molecule has 15 heterocycles. The molecule has 32 heteroatoms. The second kappa shape index (κ2) is 45.6. The number of nitrogens with zero attached hydrogens (tertiary/aromatic N) is 12. The molecule has 0 aliphatic carbocycles. The van der Waals surface area contributed by atoms with Crippen molar-refractivity contribution in [2.75, 3.05) is 72.0 Å². The lowest BCUT2D eigenvalue weighted by atomic mass is 9.91. The van der Waals surface area contributed by atoms with Crippen LogP contribution in [0, 0.1) is 41.1 Å². The number of piperidine rings is 4. The van der Waals surface area contributed by atoms with Gasteiger partial charge in [0.2, 0.25) is 44.3 Å². The van der Waals surface area contributed by atoms with Crippen molar-refractivity contribution in [1.82, 2.24) is 39.9 Å². The fraction of sp³-hybridized carbons (Fsp3) is 0.398. The van der Waals surface area contributed by atoms with E-state index in [-0.39, 0.29) is 82.3 Å². The number of aryl methyl sites for hydroxylation is 4. The smallest absolute Gasteiger partial charge is 0.225 e. The van der Waals surface area contributed by atoms with Gasteiger partial charge in [0.05, 0.1) is 79.4 Å². The molecular weight excluding hydrogens is 1730 g/mol. The number of aromatic nitrogens is 8. The van der Waals surface area contributed by atoms with E-state index < -0.39 is 17.5 Å². The highest BCUT2D eigenvalue weighted by Crippen LogP contribution is 2.38. The third-order valence-corrected chi connectivity index (χ3v) is 28.1. The lowest BCUT2D eigenvalue weighted by molar-refractivity contribution is -0.120. The predicted octanol–water partition coefficient (Wildman–Crippen LogP) is 20.4. The summed E-state index contributed by atoms with van der Waals surface area (Å²) in [6.07, 6.45) is 36.0. The van der Waals surface area contributed by atoms with Gasteiger partial charge in [-0.1, -0.05) is 42.8 Å². The Balaban J connectivity index is 0.000000143. The molecule has 0 bridgehead atoms. The van der Waals surface area contributed by atoms with Gasteiger partial charge in [-0.3, -0.25) is 38.4 Å². The van der Waals surface area contributed by atoms with Crippen molar-refractivity contribution in [3.8, 4) is 11.3 Å². The predicted molar refractivity (Wildman–Crippen MR) is 491 cm³/mol. The molecule has 0 unspecified atom stereocenters. The quantitative estimate of drug-likeness (QED) is 0.0292. The van der Waals surface area contributed by atoms with Crippen molar-refractivity contribution in [3.63, 3.8) is 0 Å². The molecule has 8 aliphatic rings. The van der Waals surface area contributed by atoms with Gasteiger partial charge in [-0.15, -0.1) is 11.3 Å². The van der Waals surface area contributed by atoms with E-state index in [2.05, 4.69) is 77.0 Å². The van der Waals surface area contributed by atoms with Crippen LogP contribution >= 0.6 is 81.6 Å². The molecule has 0 amide bonds. The summed E-state index contributed by atoms with van der Waals surface area (Å²) in [5, 5.41) is 2.90. The summed E-state index contributed by atoms with van der Waals surface area (Å²) in [5.41, 5.74) is 3.68. The molecule has 0 N–H and O–H groups in total. The van der Waals surface area contributed by atoms with Crippen LogP contribution in [-0.2, 0) is 64.0 Å². The number of benzene rings is 2. The number of rotatable bonds is 25. The van der Waals surface area contributed by atoms with Gasteiger partial charge in [0.1, 0.15) is 17.3 Å². The molecule has 2 aromatic carbocycles. The Morgan fingerprint density at radius 2 is 0.800 bits per heavy atom. The summed E-state index contributed by atoms with van der Waals surface area (Å²) in [7, 11) is 0. The van der Waals surface area contributed by atoms with E-state index in [9.17, 15) is 51.5 Å². The summed E-state index contributed by atoms with van der Waals surface area (Å²) in [6, 6.07) is 27.0. The van der Waals surface area contributed by atoms with Gasteiger partial charge in [-0.2, -0.15) is 0 Å². The highest BCUT2D eigenvalue weighted by Gasteiger charge is 2.32. The lowest BCUT2D eigenvalue weighted by Crippen LogP contribution is -2.35. The number of furan rings is 2. The second-order valence-electron chi connectivity index (χ2n) is 31.6. The number of hydrogen-bond donors (Lipinski definition) is 0. The SMILES string of the molecule is C.O=C1CC(=O)/C(=C/c2ccnc(N3CCC(CCCc4ccc(-c5ccc(Cl)cc5Cl)o4)CC3)n2)S1.O=C1CC(=O)/C(=C/c2ccnc(N3CCC(CCCc4ccc(F)c(F)c4F)CC3)n2)S1.O=C1CC(=O)/C(=C/c2ccnc(N3CCC(CCCc4ccco4)CC3)n2)S1.O=C1CC(=O)/C(=C/c2ccnc(N3CCC(CCCc4cccs4)CC3)n2)S1. The van der Waals surface area contributed by atoms with E-state index in [1.807, 2.05) is 47.7 Å². The number of carbonyl (C=O) groups is 8. The van der Waals surface area contributed by atoms with Gasteiger partial charge >= 0.3 is 0 Å². The lowest BCUT2D eigenvalue weighted by Gasteiger charge is -2.32. The maximum Gasteiger partial charge on any atom is 0.225 e. The van der Waals surface area contributed by atoms with Crippen LogP contribution in [0.2, 0.25) is 10.0 Å². The molecule has 7 aromatic heterocycles. The molecule has 0 radical (unpaired) electrons. The first-order chi connectivity index (χ1) is 60.2. The monoisotopic (exact) mass is 1830 g/mol. The minimum Gasteiger partial charge on any atom is -0.469 e. The number of ketones is 4. The zero-order valence-electron chi connectivity index (χ0n) is 68.3. The van der Waals surface area contributed by atoms with Crippen molar-refractivity contribution in [1.29, 1.82) is 0 Å². The van der Waals surface area contributed by atoms with E-state index >= 15 is 0 Å². The maximum atomic E-state index is 13.8. The van der Waals surface area contributed by atoms with Gasteiger partial charge < -0.3 is 28.4 Å². The van der Waals surface area contributed by atoms with Crippen molar-refractivity contribution < 1.29 is 60.4 Å². The Morgan fingerprint density at radius 3 is 1.15 bits per heavy atom. The van der Waals surface area contributed by atoms with E-state index in [0.29, 0.717) is 101 Å². The van der Waals surface area contributed by atoms with Crippen molar-refractivity contribution in [2.24, 2.45) is 23.7 Å². The summed E-state index contributed by atoms with van der Waals surface area (Å²) in [4.78, 5) is 141. The Hall–Kier alpha value is -9.69. The van der Waals surface area contributed by atoms with Crippen LogP contribution < -0.4 is 19.6 Å². The Bertz CT molecular complexity index is 5310. The number of Topliss-reactive ketones (excluding diaryl/α,β-unsaturated/α-hetero) is 4. The molecule has 0 atom stereocenters. The fourth-order valence-corrected chi connectivity index (χ4v) is 20.6. The highest BCUT2D eigenvalue weighted by molar-refractivity contribution is 8.19. The maximum absolute atomic E-state index is 13.8. The van der Waals surface area contributed by atoms with Crippen LogP contribution in [0.4, 0.5) is 37.0 Å². The molecule has 17 rings (SSSR count). The minimum atomic E-state index is -1.41. The first-order valence-electron chi connectivity index (χ1n) is 42.0. The molecule has 0 saturated carbocycles. The molecular formula is C93H97Cl2F3N12O10S5. The summed E-state index contributed by atoms with van der Waals surface area (Å²) in [5.74, 6) is 3.90. The second-order valence-corrected chi connectivity index (χ2v) is 37.9. The Kier molecular flexibility index (Phi) is 33.9. The Labute approximate surface area is 755 Å². The minimum absolute atomic E-state index is 0. The normalized spacial score (nSPS) is 18.8. The average Bonchev–Trinajstić information content (AvgIpc) is 1.80. The molecule has 8 aliphatic heterocycles. The zero-order valence-corrected chi connectivity index (χ0v) is 73.8. The number of anilines is 4. The molecule has 8 fully saturated rings. The van der Waals surface area contributed by atoms with Gasteiger partial charge in [0.25, 0.3) is 0 Å². The fourth-order valence-electron chi connectivity index (χ4n) is 16.1. The van der Waals surface area contributed by atoms with Gasteiger partial charge in [-0.05, 0) is 300 Å². The molecule has 654 valence electrons. The van der Waals surface area contributed by atoms with Crippen molar-refractivity contribution in [2.45, 2.75) is 162 Å². The van der Waals surface area contributed by atoms with Gasteiger partial charge in [0.15, 0.2) is 40.6 Å². The highest BCUT2D eigenvalue weighted by atomic mass is 35.5. The van der Waals surface area contributed by atoms with E-state index in [1.165, 1.54) is 49.5 Å². The number of carbonyl (C=O) groups excluding carboxylic acids is 8. The number of thioether (sulfide) groups is 4. The number of halogens is 5. The molecule has 8 saturated heterocycles. The van der Waals surface area contributed by atoms with Crippen LogP contribution in [0.25, 0.3) is 35.6 Å². The average molecular weight is 1830 g/mol. The third-order valence-electron chi connectivity index (χ3n) is 22.9. The first-order valence-corrected chi connectivity index (χ1v) is 46.9. The van der Waals surface area contributed by atoms with Crippen LogP contribution in [-0.4, -0.2) is 136 Å². The van der Waals surface area contributed by atoms with E-state index in [4.69, 9.17) is 32.0 Å². The summed E-state index contributed by atoms with van der Waals surface area (Å²) in [6.45, 7) is 7.17. The van der Waals surface area contributed by atoms with Gasteiger partial charge in [0, 0.05) is 105 Å². The van der Waals surface area contributed by atoms with Crippen LogP contribution in [0.15, 0.2) is 156 Å². The molecule has 9 aromatic rings. The van der Waals surface area contributed by atoms with E-state index in [1.54, 1.807) is 85.7 Å². The number of hydrogen-bond acceptors (Lipinski definition) is 27. The topological polar surface area (TPSA) is 279 Å². The number of thiophene rings is 1. The Morgan fingerprint density at radius 1 is 0.416 bits per heavy atom. The zero-order chi connectivity index (χ0) is 86.4. The van der Waals surface area contributed by atoms with Crippen molar-refractivity contribution >= 4 is 173 Å². The number of allylic oxidation sites excluding steroid dienone is 4. The van der Waals surface area contributed by atoms with Crippen LogP contribution in [0.1, 0.15) is 181 Å². The van der Waals surface area contributed by atoms with E-state index in [0.717, 1.165) is 217 Å². The van der Waals surface area contributed by atoms with Crippen molar-refractivity contribution in [3.05, 3.63) is 219 Å². The molecule has 125 heavy (non-hydrogen) atoms. The largest absolute Gasteiger partial charge is 0.469 e. The molecule has 22 nitrogen and oxygen atoms in total. The van der Waals surface area contributed by atoms with Gasteiger partial charge in [-0.25, -0.2) is 53.0 Å². The van der Waals surface area contributed by atoms with Crippen LogP contribution in [0.3, 0.4) is 0 Å². The third kappa shape index (κ3) is 26.9. The first kappa shape index (κ1) is 93.0. The summed E-state index contributed by atoms with van der Waals surface area (Å²) >= 11 is 18.1.